The second kappa shape index (κ2) is 9.01. The first-order valence-electron chi connectivity index (χ1n) is 9.20. The minimum atomic E-state index is 0.307. The Morgan fingerprint density at radius 3 is 2.40 bits per heavy atom. The van der Waals surface area contributed by atoms with E-state index in [9.17, 15) is 4.79 Å². The highest BCUT2D eigenvalue weighted by Gasteiger charge is 2.23. The minimum Gasteiger partial charge on any atom is -0.496 e. The molecule has 0 atom stereocenters. The van der Waals surface area contributed by atoms with E-state index in [2.05, 4.69) is 31.8 Å². The number of methoxy groups -OCH3 is 1. The van der Waals surface area contributed by atoms with Gasteiger partial charge in [0.1, 0.15) is 5.75 Å². The van der Waals surface area contributed by atoms with Gasteiger partial charge in [-0.3, -0.25) is 14.6 Å². The molecule has 2 aliphatic heterocycles. The van der Waals surface area contributed by atoms with Crippen LogP contribution in [0.15, 0.2) is 22.7 Å². The normalized spacial score (nSPS) is 19.8. The number of amides is 1. The van der Waals surface area contributed by atoms with Crippen molar-refractivity contribution in [3.63, 3.8) is 0 Å². The number of halogens is 1. The summed E-state index contributed by atoms with van der Waals surface area (Å²) in [7, 11) is 1.72. The lowest BCUT2D eigenvalue weighted by atomic mass is 10.1. The maximum absolute atomic E-state index is 12.4. The molecule has 1 amide bonds. The predicted octanol–water partition coefficient (Wildman–Crippen LogP) is 2.59. The van der Waals surface area contributed by atoms with E-state index in [0.29, 0.717) is 12.5 Å². The minimum absolute atomic E-state index is 0.307. The number of rotatable bonds is 5. The molecule has 6 heteroatoms. The highest BCUT2D eigenvalue weighted by atomic mass is 79.9. The summed E-state index contributed by atoms with van der Waals surface area (Å²) in [6, 6.07) is 6.14. The molecule has 2 aliphatic rings. The van der Waals surface area contributed by atoms with Crippen molar-refractivity contribution in [2.24, 2.45) is 0 Å². The molecule has 0 saturated carbocycles. The number of nitrogens with zero attached hydrogens (tertiary/aromatic N) is 3. The first-order valence-corrected chi connectivity index (χ1v) is 10.00. The zero-order valence-electron chi connectivity index (χ0n) is 15.0. The van der Waals surface area contributed by atoms with E-state index >= 15 is 0 Å². The number of piperidine rings is 1. The molecule has 3 rings (SSSR count). The van der Waals surface area contributed by atoms with Gasteiger partial charge in [-0.2, -0.15) is 0 Å². The fraction of sp³-hybridized carbons (Fsp3) is 0.632. The molecule has 138 valence electrons. The van der Waals surface area contributed by atoms with Gasteiger partial charge in [0.15, 0.2) is 0 Å². The molecule has 2 fully saturated rings. The van der Waals surface area contributed by atoms with Gasteiger partial charge in [-0.15, -0.1) is 0 Å². The Bertz CT molecular complexity index is 582. The number of benzene rings is 1. The van der Waals surface area contributed by atoms with E-state index < -0.39 is 0 Å². The van der Waals surface area contributed by atoms with Crippen LogP contribution in [0.5, 0.6) is 5.75 Å². The first kappa shape index (κ1) is 18.7. The monoisotopic (exact) mass is 409 g/mol. The van der Waals surface area contributed by atoms with E-state index in [1.807, 2.05) is 17.0 Å². The number of carbonyl (C=O) groups is 1. The largest absolute Gasteiger partial charge is 0.496 e. The van der Waals surface area contributed by atoms with Gasteiger partial charge in [0, 0.05) is 55.8 Å². The fourth-order valence-corrected chi connectivity index (χ4v) is 4.06. The topological polar surface area (TPSA) is 36.0 Å². The second-order valence-corrected chi connectivity index (χ2v) is 7.87. The number of piperazine rings is 1. The Morgan fingerprint density at radius 2 is 1.72 bits per heavy atom. The third-order valence-electron chi connectivity index (χ3n) is 5.17. The van der Waals surface area contributed by atoms with Crippen LogP contribution in [0.4, 0.5) is 0 Å². The first-order chi connectivity index (χ1) is 12.2. The maximum atomic E-state index is 12.4. The fourth-order valence-electron chi connectivity index (χ4n) is 3.65. The smallest absolute Gasteiger partial charge is 0.236 e. The van der Waals surface area contributed by atoms with Crippen LogP contribution in [-0.4, -0.2) is 73.5 Å². The van der Waals surface area contributed by atoms with Crippen LogP contribution < -0.4 is 4.74 Å². The molecule has 25 heavy (non-hydrogen) atoms. The lowest BCUT2D eigenvalue weighted by Crippen LogP contribution is -2.50. The molecular formula is C19H28BrN3O2. The van der Waals surface area contributed by atoms with Gasteiger partial charge in [-0.05, 0) is 37.5 Å². The molecule has 0 N–H and O–H groups in total. The van der Waals surface area contributed by atoms with E-state index in [1.54, 1.807) is 7.11 Å². The van der Waals surface area contributed by atoms with Crippen LogP contribution in [0.3, 0.4) is 0 Å². The van der Waals surface area contributed by atoms with Crippen LogP contribution in [0.25, 0.3) is 0 Å². The Hall–Kier alpha value is -1.11. The summed E-state index contributed by atoms with van der Waals surface area (Å²) >= 11 is 3.54. The zero-order chi connectivity index (χ0) is 17.6. The summed E-state index contributed by atoms with van der Waals surface area (Å²) in [5.41, 5.74) is 1.20. The summed E-state index contributed by atoms with van der Waals surface area (Å²) < 4.78 is 6.55. The molecule has 1 aromatic rings. The average molecular weight is 410 g/mol. The lowest BCUT2D eigenvalue weighted by molar-refractivity contribution is -0.133. The van der Waals surface area contributed by atoms with Crippen LogP contribution in [0, 0.1) is 0 Å². The van der Waals surface area contributed by atoms with Crippen molar-refractivity contribution >= 4 is 21.8 Å². The summed E-state index contributed by atoms with van der Waals surface area (Å²) in [5, 5.41) is 0. The number of hydrogen-bond donors (Lipinski definition) is 0. The number of hydrogen-bond acceptors (Lipinski definition) is 4. The molecule has 0 unspecified atom stereocenters. The van der Waals surface area contributed by atoms with Gasteiger partial charge in [0.25, 0.3) is 0 Å². The molecule has 2 saturated heterocycles. The third kappa shape index (κ3) is 5.19. The van der Waals surface area contributed by atoms with Crippen molar-refractivity contribution in [3.05, 3.63) is 28.2 Å². The number of ether oxygens (including phenoxy) is 1. The van der Waals surface area contributed by atoms with Crippen molar-refractivity contribution < 1.29 is 9.53 Å². The molecule has 1 aromatic carbocycles. The third-order valence-corrected chi connectivity index (χ3v) is 5.66. The van der Waals surface area contributed by atoms with Crippen molar-refractivity contribution in [1.82, 2.24) is 14.7 Å². The van der Waals surface area contributed by atoms with E-state index in [4.69, 9.17) is 4.74 Å². The van der Waals surface area contributed by atoms with Gasteiger partial charge in [-0.1, -0.05) is 15.9 Å². The van der Waals surface area contributed by atoms with Crippen LogP contribution in [0.1, 0.15) is 24.8 Å². The van der Waals surface area contributed by atoms with E-state index in [0.717, 1.165) is 68.9 Å². The second-order valence-electron chi connectivity index (χ2n) is 6.95. The Balaban J connectivity index is 1.47. The quantitative estimate of drug-likeness (QED) is 0.748. The van der Waals surface area contributed by atoms with Gasteiger partial charge in [0.05, 0.1) is 13.7 Å². The molecule has 0 spiro atoms. The Labute approximate surface area is 159 Å². The molecule has 0 aliphatic carbocycles. The van der Waals surface area contributed by atoms with Crippen molar-refractivity contribution in [1.29, 1.82) is 0 Å². The molecule has 0 bridgehead atoms. The molecular weight excluding hydrogens is 382 g/mol. The lowest BCUT2D eigenvalue weighted by Gasteiger charge is -2.36. The Kier molecular flexibility index (Phi) is 6.73. The van der Waals surface area contributed by atoms with E-state index in [-0.39, 0.29) is 0 Å². The van der Waals surface area contributed by atoms with Crippen molar-refractivity contribution in [2.75, 3.05) is 52.9 Å². The average Bonchev–Trinajstić information content (AvgIpc) is 2.64. The summed E-state index contributed by atoms with van der Waals surface area (Å²) in [6.07, 6.45) is 3.59. The standard InChI is InChI=1S/C19H28BrN3O2/c1-25-18-6-5-17(20)13-16(18)14-21-9-11-22(12-10-21)15-19(24)23-7-3-2-4-8-23/h5-6,13H,2-4,7-12,14-15H2,1H3. The van der Waals surface area contributed by atoms with Gasteiger partial charge in [0.2, 0.25) is 5.91 Å². The van der Waals surface area contributed by atoms with E-state index in [1.165, 1.54) is 12.0 Å². The van der Waals surface area contributed by atoms with Crippen LogP contribution >= 0.6 is 15.9 Å². The predicted molar refractivity (Wildman–Crippen MR) is 103 cm³/mol. The zero-order valence-corrected chi connectivity index (χ0v) is 16.6. The Morgan fingerprint density at radius 1 is 1.04 bits per heavy atom. The maximum Gasteiger partial charge on any atom is 0.236 e. The van der Waals surface area contributed by atoms with Gasteiger partial charge < -0.3 is 9.64 Å². The number of likely N-dealkylation sites (tertiary alicyclic amines) is 1. The van der Waals surface area contributed by atoms with Crippen molar-refractivity contribution in [2.45, 2.75) is 25.8 Å². The molecule has 0 aromatic heterocycles. The molecule has 0 radical (unpaired) electrons. The highest BCUT2D eigenvalue weighted by Crippen LogP contribution is 2.24. The summed E-state index contributed by atoms with van der Waals surface area (Å²) in [4.78, 5) is 19.2. The summed E-state index contributed by atoms with van der Waals surface area (Å²) in [5.74, 6) is 1.24. The van der Waals surface area contributed by atoms with Gasteiger partial charge >= 0.3 is 0 Å². The summed E-state index contributed by atoms with van der Waals surface area (Å²) in [6.45, 7) is 7.24. The SMILES string of the molecule is COc1ccc(Br)cc1CN1CCN(CC(=O)N2CCCCC2)CC1. The number of carbonyl (C=O) groups excluding carboxylic acids is 1. The van der Waals surface area contributed by atoms with Crippen LogP contribution in [-0.2, 0) is 11.3 Å². The van der Waals surface area contributed by atoms with Crippen LogP contribution in [0.2, 0.25) is 0 Å². The molecule has 2 heterocycles. The van der Waals surface area contributed by atoms with Gasteiger partial charge in [-0.25, -0.2) is 0 Å². The highest BCUT2D eigenvalue weighted by molar-refractivity contribution is 9.10. The molecule has 5 nitrogen and oxygen atoms in total. The van der Waals surface area contributed by atoms with Crippen molar-refractivity contribution in [3.8, 4) is 5.75 Å².